The average Bonchev–Trinajstić information content (AvgIpc) is 2.41. The van der Waals surface area contributed by atoms with Crippen LogP contribution in [0.1, 0.15) is 36.7 Å². The van der Waals surface area contributed by atoms with Gasteiger partial charge in [-0.05, 0) is 23.1 Å². The number of carbonyl (C=O) groups excluding carboxylic acids is 2. The lowest BCUT2D eigenvalue weighted by Crippen LogP contribution is -2.12. The van der Waals surface area contributed by atoms with Gasteiger partial charge < -0.3 is 5.32 Å². The second-order valence-corrected chi connectivity index (χ2v) is 4.79. The number of hydrogen-bond donors (Lipinski definition) is 1. The first-order chi connectivity index (χ1) is 6.89. The fraction of sp³-hybridized carbons (Fsp3) is 0.333. The van der Waals surface area contributed by atoms with Crippen LogP contribution >= 0.6 is 0 Å². The van der Waals surface area contributed by atoms with E-state index in [4.69, 9.17) is 0 Å². The van der Waals surface area contributed by atoms with Gasteiger partial charge in [-0.1, -0.05) is 26.8 Å². The van der Waals surface area contributed by atoms with Gasteiger partial charge in [-0.2, -0.15) is 0 Å². The van der Waals surface area contributed by atoms with Crippen molar-refractivity contribution in [3.05, 3.63) is 29.3 Å². The number of Topliss-reactive ketones (excluding diaryl/α,β-unsaturated/α-hetero) is 1. The maximum Gasteiger partial charge on any atom is 0.296 e. The molecule has 1 aromatic rings. The predicted molar refractivity (Wildman–Crippen MR) is 58.1 cm³/mol. The third-order valence-corrected chi connectivity index (χ3v) is 2.58. The highest BCUT2D eigenvalue weighted by Crippen LogP contribution is 2.30. The Balaban J connectivity index is 2.51. The summed E-state index contributed by atoms with van der Waals surface area (Å²) in [5, 5.41) is 2.57. The number of nitrogens with one attached hydrogen (secondary N) is 1. The van der Waals surface area contributed by atoms with Gasteiger partial charge in [0.1, 0.15) is 0 Å². The zero-order valence-corrected chi connectivity index (χ0v) is 9.05. The first-order valence-electron chi connectivity index (χ1n) is 4.90. The van der Waals surface area contributed by atoms with Crippen molar-refractivity contribution >= 4 is 17.4 Å². The molecule has 15 heavy (non-hydrogen) atoms. The van der Waals surface area contributed by atoms with Gasteiger partial charge in [0.05, 0.1) is 11.3 Å². The monoisotopic (exact) mass is 203 g/mol. The molecule has 0 radical (unpaired) electrons. The quantitative estimate of drug-likeness (QED) is 0.656. The van der Waals surface area contributed by atoms with Crippen molar-refractivity contribution in [2.24, 2.45) is 0 Å². The molecule has 3 heteroatoms. The van der Waals surface area contributed by atoms with E-state index in [1.807, 2.05) is 12.1 Å². The molecule has 0 bridgehead atoms. The van der Waals surface area contributed by atoms with E-state index in [9.17, 15) is 9.59 Å². The molecule has 1 heterocycles. The summed E-state index contributed by atoms with van der Waals surface area (Å²) < 4.78 is 0. The van der Waals surface area contributed by atoms with Crippen molar-refractivity contribution in [1.29, 1.82) is 0 Å². The van der Waals surface area contributed by atoms with Gasteiger partial charge in [0.2, 0.25) is 0 Å². The van der Waals surface area contributed by atoms with E-state index < -0.39 is 11.7 Å². The molecule has 1 N–H and O–H groups in total. The Bertz CT molecular complexity index is 455. The molecule has 1 aliphatic heterocycles. The van der Waals surface area contributed by atoms with E-state index in [1.165, 1.54) is 0 Å². The Morgan fingerprint density at radius 2 is 1.80 bits per heavy atom. The molecule has 1 aromatic carbocycles. The molecular formula is C12H13NO2. The second-order valence-electron chi connectivity index (χ2n) is 4.79. The van der Waals surface area contributed by atoms with E-state index in [0.717, 1.165) is 5.56 Å². The summed E-state index contributed by atoms with van der Waals surface area (Å²) in [5.74, 6) is -0.971. The zero-order valence-electron chi connectivity index (χ0n) is 9.05. The van der Waals surface area contributed by atoms with Gasteiger partial charge in [-0.3, -0.25) is 9.59 Å². The highest BCUT2D eigenvalue weighted by Gasteiger charge is 2.28. The number of rotatable bonds is 0. The maximum absolute atomic E-state index is 11.3. The van der Waals surface area contributed by atoms with E-state index in [1.54, 1.807) is 6.07 Å². The molecule has 0 spiro atoms. The number of anilines is 1. The van der Waals surface area contributed by atoms with E-state index >= 15 is 0 Å². The number of fused-ring (bicyclic) bond motifs is 1. The van der Waals surface area contributed by atoms with Gasteiger partial charge in [0.15, 0.2) is 0 Å². The molecule has 0 atom stereocenters. The first-order valence-corrected chi connectivity index (χ1v) is 4.90. The molecule has 0 aromatic heterocycles. The zero-order chi connectivity index (χ0) is 11.2. The molecular weight excluding hydrogens is 190 g/mol. The lowest BCUT2D eigenvalue weighted by atomic mass is 9.86. The molecule has 0 saturated carbocycles. The standard InChI is InChI=1S/C12H13NO2/c1-12(2,3)7-4-5-8-9(6-7)13-11(15)10(8)14/h4-6H,1-3H3,(H,13,14,15). The number of benzene rings is 1. The summed E-state index contributed by atoms with van der Waals surface area (Å²) in [4.78, 5) is 22.5. The topological polar surface area (TPSA) is 46.2 Å². The predicted octanol–water partition coefficient (Wildman–Crippen LogP) is 2.12. The number of ketones is 1. The van der Waals surface area contributed by atoms with Crippen LogP contribution in [0.25, 0.3) is 0 Å². The molecule has 2 rings (SSSR count). The molecule has 0 fully saturated rings. The van der Waals surface area contributed by atoms with Crippen LogP contribution in [0.5, 0.6) is 0 Å². The van der Waals surface area contributed by atoms with E-state index in [0.29, 0.717) is 11.3 Å². The van der Waals surface area contributed by atoms with Crippen LogP contribution in [0.15, 0.2) is 18.2 Å². The van der Waals surface area contributed by atoms with Crippen LogP contribution in [-0.4, -0.2) is 11.7 Å². The molecule has 0 unspecified atom stereocenters. The fourth-order valence-corrected chi connectivity index (χ4v) is 1.61. The molecule has 0 saturated heterocycles. The molecule has 1 aliphatic rings. The molecule has 3 nitrogen and oxygen atoms in total. The van der Waals surface area contributed by atoms with Crippen molar-refractivity contribution in [3.8, 4) is 0 Å². The van der Waals surface area contributed by atoms with Crippen LogP contribution in [0.4, 0.5) is 5.69 Å². The van der Waals surface area contributed by atoms with E-state index in [-0.39, 0.29) is 5.41 Å². The molecule has 78 valence electrons. The number of amides is 1. The maximum atomic E-state index is 11.3. The molecule has 0 aliphatic carbocycles. The smallest absolute Gasteiger partial charge is 0.296 e. The van der Waals surface area contributed by atoms with Crippen LogP contribution in [0.2, 0.25) is 0 Å². The average molecular weight is 203 g/mol. The molecule has 1 amide bonds. The summed E-state index contributed by atoms with van der Waals surface area (Å²) in [5.41, 5.74) is 2.24. The Hall–Kier alpha value is -1.64. The van der Waals surface area contributed by atoms with Crippen molar-refractivity contribution in [1.82, 2.24) is 0 Å². The lowest BCUT2D eigenvalue weighted by Gasteiger charge is -2.19. The van der Waals surface area contributed by atoms with Crippen LogP contribution in [-0.2, 0) is 10.2 Å². The van der Waals surface area contributed by atoms with Crippen LogP contribution in [0, 0.1) is 0 Å². The SMILES string of the molecule is CC(C)(C)c1ccc2c(c1)NC(=O)C2=O. The largest absolute Gasteiger partial charge is 0.318 e. The number of carbonyl (C=O) groups is 2. The summed E-state index contributed by atoms with van der Waals surface area (Å²) in [6, 6.07) is 5.49. The van der Waals surface area contributed by atoms with Crippen molar-refractivity contribution < 1.29 is 9.59 Å². The summed E-state index contributed by atoms with van der Waals surface area (Å²) in [6.45, 7) is 6.27. The summed E-state index contributed by atoms with van der Waals surface area (Å²) in [7, 11) is 0. The third kappa shape index (κ3) is 1.54. The van der Waals surface area contributed by atoms with Crippen molar-refractivity contribution in [3.63, 3.8) is 0 Å². The Labute approximate surface area is 88.5 Å². The Morgan fingerprint density at radius 1 is 1.13 bits per heavy atom. The second kappa shape index (κ2) is 2.92. The van der Waals surface area contributed by atoms with Gasteiger partial charge in [0.25, 0.3) is 11.7 Å². The van der Waals surface area contributed by atoms with Crippen LogP contribution in [0.3, 0.4) is 0 Å². The normalized spacial score (nSPS) is 15.1. The van der Waals surface area contributed by atoms with Gasteiger partial charge in [0, 0.05) is 0 Å². The van der Waals surface area contributed by atoms with Crippen LogP contribution < -0.4 is 5.32 Å². The van der Waals surface area contributed by atoms with Crippen molar-refractivity contribution in [2.45, 2.75) is 26.2 Å². The number of hydrogen-bond acceptors (Lipinski definition) is 2. The Morgan fingerprint density at radius 3 is 2.40 bits per heavy atom. The minimum absolute atomic E-state index is 0.0192. The summed E-state index contributed by atoms with van der Waals surface area (Å²) in [6.07, 6.45) is 0. The highest BCUT2D eigenvalue weighted by molar-refractivity contribution is 6.51. The minimum Gasteiger partial charge on any atom is -0.318 e. The highest BCUT2D eigenvalue weighted by atomic mass is 16.2. The minimum atomic E-state index is -0.531. The third-order valence-electron chi connectivity index (χ3n) is 2.58. The van der Waals surface area contributed by atoms with Gasteiger partial charge in [-0.25, -0.2) is 0 Å². The first kappa shape index (κ1) is 9.90. The lowest BCUT2D eigenvalue weighted by molar-refractivity contribution is -0.112. The van der Waals surface area contributed by atoms with E-state index in [2.05, 4.69) is 26.1 Å². The van der Waals surface area contributed by atoms with Gasteiger partial charge >= 0.3 is 0 Å². The fourth-order valence-electron chi connectivity index (χ4n) is 1.61. The van der Waals surface area contributed by atoms with Crippen molar-refractivity contribution in [2.75, 3.05) is 5.32 Å². The van der Waals surface area contributed by atoms with Gasteiger partial charge in [-0.15, -0.1) is 0 Å². The Kier molecular flexibility index (Phi) is 1.93. The summed E-state index contributed by atoms with van der Waals surface area (Å²) >= 11 is 0.